The number of rotatable bonds is 3. The van der Waals surface area contributed by atoms with Crippen LogP contribution in [0.2, 0.25) is 0 Å². The van der Waals surface area contributed by atoms with Crippen LogP contribution >= 0.6 is 0 Å². The molecule has 0 atom stereocenters. The van der Waals surface area contributed by atoms with Gasteiger partial charge in [0.25, 0.3) is 0 Å². The van der Waals surface area contributed by atoms with Crippen molar-refractivity contribution in [1.29, 1.82) is 0 Å². The molecule has 3 N–H and O–H groups in total. The van der Waals surface area contributed by atoms with Crippen LogP contribution in [-0.4, -0.2) is 0 Å². The summed E-state index contributed by atoms with van der Waals surface area (Å²) in [6.07, 6.45) is 0. The Morgan fingerprint density at radius 2 is 1.70 bits per heavy atom. The molecule has 0 heterocycles. The highest BCUT2D eigenvalue weighted by Gasteiger charge is 1.98. The minimum absolute atomic E-state index is 0.780. The Kier molecular flexibility index (Phi) is 3.30. The van der Waals surface area contributed by atoms with Crippen LogP contribution in [-0.2, 0) is 6.54 Å². The van der Waals surface area contributed by atoms with Crippen LogP contribution in [0.25, 0.3) is 10.8 Å². The molecule has 0 aliphatic carbocycles. The quantitative estimate of drug-likeness (QED) is 0.689. The summed E-state index contributed by atoms with van der Waals surface area (Å²) in [4.78, 5) is 0. The van der Waals surface area contributed by atoms with Gasteiger partial charge in [-0.15, -0.1) is 0 Å². The lowest BCUT2D eigenvalue weighted by Gasteiger charge is -2.09. The third kappa shape index (κ3) is 2.75. The molecule has 0 saturated heterocycles. The molecule has 2 heteroatoms. The van der Waals surface area contributed by atoms with Crippen molar-refractivity contribution in [3.05, 3.63) is 71.8 Å². The Bertz CT molecular complexity index is 747. The van der Waals surface area contributed by atoms with Crippen molar-refractivity contribution in [1.82, 2.24) is 0 Å². The van der Waals surface area contributed by atoms with Gasteiger partial charge in [-0.3, -0.25) is 0 Å². The van der Waals surface area contributed by atoms with Crippen LogP contribution in [0.3, 0.4) is 0 Å². The number of aryl methyl sites for hydroxylation is 1. The zero-order valence-corrected chi connectivity index (χ0v) is 11.6. The molecule has 0 aromatic heterocycles. The number of hydrogen-bond donors (Lipinski definition) is 2. The van der Waals surface area contributed by atoms with Crippen LogP contribution in [0, 0.1) is 6.92 Å². The second-order valence-electron chi connectivity index (χ2n) is 5.16. The maximum Gasteiger partial charge on any atom is 0.0401 e. The Morgan fingerprint density at radius 1 is 0.900 bits per heavy atom. The summed E-state index contributed by atoms with van der Waals surface area (Å²) in [7, 11) is 0. The fourth-order valence-corrected chi connectivity index (χ4v) is 2.38. The predicted molar refractivity (Wildman–Crippen MR) is 86.9 cm³/mol. The van der Waals surface area contributed by atoms with Gasteiger partial charge in [-0.2, -0.15) is 0 Å². The van der Waals surface area contributed by atoms with Crippen LogP contribution in [0.4, 0.5) is 11.4 Å². The molecule has 0 amide bonds. The van der Waals surface area contributed by atoms with Gasteiger partial charge in [0.05, 0.1) is 0 Å². The number of nitrogen functional groups attached to an aromatic ring is 1. The van der Waals surface area contributed by atoms with Crippen LogP contribution < -0.4 is 11.1 Å². The minimum Gasteiger partial charge on any atom is -0.399 e. The Morgan fingerprint density at radius 3 is 2.55 bits per heavy atom. The van der Waals surface area contributed by atoms with Crippen molar-refractivity contribution in [2.45, 2.75) is 13.5 Å². The second-order valence-corrected chi connectivity index (χ2v) is 5.16. The average Bonchev–Trinajstić information content (AvgIpc) is 2.45. The van der Waals surface area contributed by atoms with Gasteiger partial charge in [0.1, 0.15) is 0 Å². The molecule has 0 unspecified atom stereocenters. The van der Waals surface area contributed by atoms with E-state index in [4.69, 9.17) is 5.73 Å². The van der Waals surface area contributed by atoms with E-state index in [1.165, 1.54) is 21.9 Å². The first kappa shape index (κ1) is 12.5. The van der Waals surface area contributed by atoms with E-state index in [9.17, 15) is 0 Å². The molecule has 2 nitrogen and oxygen atoms in total. The molecule has 0 bridgehead atoms. The average molecular weight is 262 g/mol. The maximum atomic E-state index is 5.79. The molecule has 0 aliphatic rings. The van der Waals surface area contributed by atoms with Gasteiger partial charge in [0.15, 0.2) is 0 Å². The first-order valence-corrected chi connectivity index (χ1v) is 6.79. The molecule has 3 aromatic rings. The SMILES string of the molecule is Cc1ccc2cc(NCc3cccc(N)c3)ccc2c1. The molecule has 20 heavy (non-hydrogen) atoms. The van der Waals surface area contributed by atoms with Crippen molar-refractivity contribution in [2.75, 3.05) is 11.1 Å². The molecular formula is C18H18N2. The number of hydrogen-bond acceptors (Lipinski definition) is 2. The van der Waals surface area contributed by atoms with E-state index < -0.39 is 0 Å². The van der Waals surface area contributed by atoms with E-state index in [0.29, 0.717) is 0 Å². The van der Waals surface area contributed by atoms with Gasteiger partial charge in [-0.25, -0.2) is 0 Å². The third-order valence-electron chi connectivity index (χ3n) is 3.44. The minimum atomic E-state index is 0.780. The molecular weight excluding hydrogens is 244 g/mol. The van der Waals surface area contributed by atoms with Crippen molar-refractivity contribution >= 4 is 22.1 Å². The monoisotopic (exact) mass is 262 g/mol. The van der Waals surface area contributed by atoms with Gasteiger partial charge in [-0.1, -0.05) is 42.0 Å². The second kappa shape index (κ2) is 5.25. The van der Waals surface area contributed by atoms with E-state index in [0.717, 1.165) is 17.9 Å². The van der Waals surface area contributed by atoms with Crippen LogP contribution in [0.15, 0.2) is 60.7 Å². The first-order valence-electron chi connectivity index (χ1n) is 6.79. The molecule has 0 aliphatic heterocycles. The highest BCUT2D eigenvalue weighted by molar-refractivity contribution is 5.86. The highest BCUT2D eigenvalue weighted by Crippen LogP contribution is 2.21. The van der Waals surface area contributed by atoms with Crippen molar-refractivity contribution < 1.29 is 0 Å². The van der Waals surface area contributed by atoms with Crippen molar-refractivity contribution in [3.8, 4) is 0 Å². The number of benzene rings is 3. The normalized spacial score (nSPS) is 10.7. The summed E-state index contributed by atoms with van der Waals surface area (Å²) < 4.78 is 0. The predicted octanol–water partition coefficient (Wildman–Crippen LogP) is 4.34. The van der Waals surface area contributed by atoms with Crippen LogP contribution in [0.1, 0.15) is 11.1 Å². The lowest BCUT2D eigenvalue weighted by molar-refractivity contribution is 1.15. The van der Waals surface area contributed by atoms with Crippen molar-refractivity contribution in [2.24, 2.45) is 0 Å². The summed E-state index contributed by atoms with van der Waals surface area (Å²) >= 11 is 0. The lowest BCUT2D eigenvalue weighted by Crippen LogP contribution is -1.99. The van der Waals surface area contributed by atoms with E-state index >= 15 is 0 Å². The highest BCUT2D eigenvalue weighted by atomic mass is 14.9. The summed E-state index contributed by atoms with van der Waals surface area (Å²) in [6, 6.07) is 20.9. The van der Waals surface area contributed by atoms with Gasteiger partial charge >= 0.3 is 0 Å². The molecule has 3 rings (SSSR count). The number of fused-ring (bicyclic) bond motifs is 1. The smallest absolute Gasteiger partial charge is 0.0401 e. The fraction of sp³-hybridized carbons (Fsp3) is 0.111. The first-order chi connectivity index (χ1) is 9.70. The molecule has 0 spiro atoms. The number of nitrogens with two attached hydrogens (primary N) is 1. The number of anilines is 2. The van der Waals surface area contributed by atoms with E-state index in [2.05, 4.69) is 54.7 Å². The Hall–Kier alpha value is -2.48. The third-order valence-corrected chi connectivity index (χ3v) is 3.44. The van der Waals surface area contributed by atoms with Gasteiger partial charge in [0.2, 0.25) is 0 Å². The zero-order valence-electron chi connectivity index (χ0n) is 11.6. The summed E-state index contributed by atoms with van der Waals surface area (Å²) in [6.45, 7) is 2.90. The topological polar surface area (TPSA) is 38.0 Å². The lowest BCUT2D eigenvalue weighted by atomic mass is 10.1. The summed E-state index contributed by atoms with van der Waals surface area (Å²) in [5.41, 5.74) is 10.2. The van der Waals surface area contributed by atoms with E-state index in [1.807, 2.05) is 18.2 Å². The standard InChI is InChI=1S/C18H18N2/c1-13-5-6-16-11-18(8-7-15(16)9-13)20-12-14-3-2-4-17(19)10-14/h2-11,20H,12,19H2,1H3. The molecule has 0 saturated carbocycles. The molecule has 3 aromatic carbocycles. The Balaban J connectivity index is 1.79. The van der Waals surface area contributed by atoms with Crippen molar-refractivity contribution in [3.63, 3.8) is 0 Å². The summed E-state index contributed by atoms with van der Waals surface area (Å²) in [5, 5.41) is 5.97. The van der Waals surface area contributed by atoms with Gasteiger partial charge in [-0.05, 0) is 47.5 Å². The molecule has 0 fully saturated rings. The zero-order chi connectivity index (χ0) is 13.9. The van der Waals surface area contributed by atoms with E-state index in [-0.39, 0.29) is 0 Å². The number of nitrogens with one attached hydrogen (secondary N) is 1. The van der Waals surface area contributed by atoms with Gasteiger partial charge < -0.3 is 11.1 Å². The van der Waals surface area contributed by atoms with E-state index in [1.54, 1.807) is 0 Å². The largest absolute Gasteiger partial charge is 0.399 e. The Labute approximate surface area is 119 Å². The summed E-state index contributed by atoms with van der Waals surface area (Å²) in [5.74, 6) is 0. The molecule has 0 radical (unpaired) electrons. The fourth-order valence-electron chi connectivity index (χ4n) is 2.38. The van der Waals surface area contributed by atoms with Crippen LogP contribution in [0.5, 0.6) is 0 Å². The van der Waals surface area contributed by atoms with Gasteiger partial charge in [0, 0.05) is 17.9 Å². The maximum absolute atomic E-state index is 5.79. The molecule has 100 valence electrons.